The van der Waals surface area contributed by atoms with Crippen molar-refractivity contribution in [3.8, 4) is 5.75 Å². The number of ether oxygens (including phenoxy) is 1. The molecule has 8 heteroatoms. The van der Waals surface area contributed by atoms with Gasteiger partial charge in [0.2, 0.25) is 0 Å². The molecule has 0 aliphatic rings. The number of rotatable bonds is 8. The van der Waals surface area contributed by atoms with Crippen LogP contribution in [-0.4, -0.2) is 41.0 Å². The first-order valence-electron chi connectivity index (χ1n) is 9.76. The first-order chi connectivity index (χ1) is 13.3. The number of nitrogens with zero attached hydrogens (tertiary/aromatic N) is 3. The van der Waals surface area contributed by atoms with Crippen molar-refractivity contribution in [2.75, 3.05) is 13.1 Å². The normalized spacial score (nSPS) is 13.4. The number of guanidine groups is 1. The van der Waals surface area contributed by atoms with E-state index < -0.39 is 0 Å². The molecule has 2 N–H and O–H groups in total. The average molecular weight is 517 g/mol. The zero-order chi connectivity index (χ0) is 20.7. The summed E-state index contributed by atoms with van der Waals surface area (Å²) in [5.74, 6) is 1.12. The maximum Gasteiger partial charge on any atom is 0.191 e. The summed E-state index contributed by atoms with van der Waals surface area (Å²) in [6, 6.07) is 6.23. The van der Waals surface area contributed by atoms with Gasteiger partial charge in [0, 0.05) is 25.3 Å². The molecule has 2 aromatic rings. The third-order valence-corrected chi connectivity index (χ3v) is 4.55. The van der Waals surface area contributed by atoms with Crippen molar-refractivity contribution in [3.63, 3.8) is 0 Å². The summed E-state index contributed by atoms with van der Waals surface area (Å²) in [5.41, 5.74) is 3.53. The number of halogens is 2. The Kier molecular flexibility index (Phi) is 10.4. The Labute approximate surface area is 190 Å². The van der Waals surface area contributed by atoms with E-state index in [2.05, 4.69) is 34.6 Å². The molecule has 0 spiro atoms. The highest BCUT2D eigenvalue weighted by molar-refractivity contribution is 14.0. The molecule has 1 aromatic carbocycles. The molecule has 0 saturated heterocycles. The Hall–Kier alpha value is -1.84. The number of aryl methyl sites for hydroxylation is 2. The molecule has 0 aliphatic carbocycles. The Balaban J connectivity index is 0.00000420. The van der Waals surface area contributed by atoms with Crippen molar-refractivity contribution in [1.29, 1.82) is 0 Å². The summed E-state index contributed by atoms with van der Waals surface area (Å²) in [5, 5.41) is 11.2. The van der Waals surface area contributed by atoms with Crippen LogP contribution in [0.3, 0.4) is 0 Å². The van der Waals surface area contributed by atoms with E-state index in [-0.39, 0.29) is 41.9 Å². The second-order valence-corrected chi connectivity index (χ2v) is 7.12. The van der Waals surface area contributed by atoms with Crippen LogP contribution in [0, 0.1) is 19.7 Å². The Bertz CT molecular complexity index is 791. The predicted octanol–water partition coefficient (Wildman–Crippen LogP) is 3.75. The smallest absolute Gasteiger partial charge is 0.191 e. The average Bonchev–Trinajstić information content (AvgIpc) is 2.88. The molecule has 0 saturated carbocycles. The molecule has 2 unspecified atom stereocenters. The zero-order valence-corrected chi connectivity index (χ0v) is 20.5. The molecule has 2 rings (SSSR count). The van der Waals surface area contributed by atoms with E-state index in [1.807, 2.05) is 32.5 Å². The van der Waals surface area contributed by atoms with Crippen LogP contribution in [0.15, 0.2) is 29.3 Å². The molecule has 1 heterocycles. The van der Waals surface area contributed by atoms with E-state index >= 15 is 0 Å². The fourth-order valence-corrected chi connectivity index (χ4v) is 3.03. The second-order valence-electron chi connectivity index (χ2n) is 7.12. The van der Waals surface area contributed by atoms with Crippen molar-refractivity contribution in [2.45, 2.75) is 53.2 Å². The Morgan fingerprint density at radius 3 is 2.45 bits per heavy atom. The zero-order valence-electron chi connectivity index (χ0n) is 18.1. The molecule has 2 atom stereocenters. The topological polar surface area (TPSA) is 63.5 Å². The van der Waals surface area contributed by atoms with Gasteiger partial charge in [-0.15, -0.1) is 24.0 Å². The molecular formula is C21H33FIN5O. The van der Waals surface area contributed by atoms with E-state index in [1.54, 1.807) is 12.1 Å². The quantitative estimate of drug-likeness (QED) is 0.318. The van der Waals surface area contributed by atoms with Gasteiger partial charge < -0.3 is 15.4 Å². The van der Waals surface area contributed by atoms with E-state index in [0.29, 0.717) is 12.3 Å². The van der Waals surface area contributed by atoms with Crippen LogP contribution in [0.1, 0.15) is 37.7 Å². The molecule has 29 heavy (non-hydrogen) atoms. The van der Waals surface area contributed by atoms with Crippen LogP contribution in [0.2, 0.25) is 0 Å². The number of benzene rings is 1. The third kappa shape index (κ3) is 7.83. The van der Waals surface area contributed by atoms with Gasteiger partial charge in [-0.3, -0.25) is 4.68 Å². The molecule has 162 valence electrons. The van der Waals surface area contributed by atoms with Crippen LogP contribution >= 0.6 is 24.0 Å². The highest BCUT2D eigenvalue weighted by Gasteiger charge is 2.14. The maximum absolute atomic E-state index is 13.0. The fourth-order valence-electron chi connectivity index (χ4n) is 3.03. The van der Waals surface area contributed by atoms with Gasteiger partial charge in [-0.2, -0.15) is 5.10 Å². The lowest BCUT2D eigenvalue weighted by Gasteiger charge is -2.19. The van der Waals surface area contributed by atoms with Crippen LogP contribution < -0.4 is 15.4 Å². The summed E-state index contributed by atoms with van der Waals surface area (Å²) in [7, 11) is 1.97. The highest BCUT2D eigenvalue weighted by atomic mass is 127. The third-order valence-electron chi connectivity index (χ3n) is 4.55. The lowest BCUT2D eigenvalue weighted by Crippen LogP contribution is -2.43. The molecule has 0 fully saturated rings. The Morgan fingerprint density at radius 2 is 1.90 bits per heavy atom. The first-order valence-corrected chi connectivity index (χ1v) is 9.76. The summed E-state index contributed by atoms with van der Waals surface area (Å²) >= 11 is 0. The monoisotopic (exact) mass is 517 g/mol. The van der Waals surface area contributed by atoms with Crippen LogP contribution in [0.25, 0.3) is 0 Å². The number of aromatic nitrogens is 2. The first kappa shape index (κ1) is 25.2. The summed E-state index contributed by atoms with van der Waals surface area (Å²) < 4.78 is 20.7. The van der Waals surface area contributed by atoms with Crippen LogP contribution in [0.4, 0.5) is 4.39 Å². The highest BCUT2D eigenvalue weighted by Crippen LogP contribution is 2.14. The van der Waals surface area contributed by atoms with E-state index in [1.165, 1.54) is 23.4 Å². The minimum atomic E-state index is -0.273. The van der Waals surface area contributed by atoms with Gasteiger partial charge in [0.25, 0.3) is 0 Å². The van der Waals surface area contributed by atoms with Gasteiger partial charge in [-0.05, 0) is 70.9 Å². The van der Waals surface area contributed by atoms with Crippen molar-refractivity contribution in [1.82, 2.24) is 20.4 Å². The lowest BCUT2D eigenvalue weighted by atomic mass is 10.1. The number of hydrogen-bond donors (Lipinski definition) is 2. The van der Waals surface area contributed by atoms with Crippen molar-refractivity contribution < 1.29 is 9.13 Å². The predicted molar refractivity (Wildman–Crippen MR) is 127 cm³/mol. The van der Waals surface area contributed by atoms with Crippen molar-refractivity contribution in [2.24, 2.45) is 12.0 Å². The van der Waals surface area contributed by atoms with Gasteiger partial charge in [0.1, 0.15) is 17.7 Å². The molecule has 0 amide bonds. The molecule has 0 aliphatic heterocycles. The lowest BCUT2D eigenvalue weighted by molar-refractivity contribution is 0.230. The van der Waals surface area contributed by atoms with E-state index in [9.17, 15) is 4.39 Å². The number of nitrogens with one attached hydrogen (secondary N) is 2. The largest absolute Gasteiger partial charge is 0.489 e. The Morgan fingerprint density at radius 1 is 1.24 bits per heavy atom. The van der Waals surface area contributed by atoms with Gasteiger partial charge in [-0.1, -0.05) is 0 Å². The maximum atomic E-state index is 13.0. The summed E-state index contributed by atoms with van der Waals surface area (Å²) in [4.78, 5) is 4.63. The SMILES string of the molecule is CCNC(=NCC(C)Oc1ccc(F)cc1)NC(C)Cc1c(C)nn(C)c1C.I. The van der Waals surface area contributed by atoms with Crippen LogP contribution in [0.5, 0.6) is 5.75 Å². The van der Waals surface area contributed by atoms with Gasteiger partial charge in [0.05, 0.1) is 12.2 Å². The van der Waals surface area contributed by atoms with E-state index in [4.69, 9.17) is 4.74 Å². The van der Waals surface area contributed by atoms with Crippen LogP contribution in [-0.2, 0) is 13.5 Å². The molecular weight excluding hydrogens is 484 g/mol. The van der Waals surface area contributed by atoms with Gasteiger partial charge >= 0.3 is 0 Å². The van der Waals surface area contributed by atoms with Gasteiger partial charge in [-0.25, -0.2) is 9.38 Å². The standard InChI is InChI=1S/C21H32FN5O.HI/c1-7-23-21(24-13-15(3)28-19-10-8-18(22)9-11-19)25-14(2)12-20-16(4)26-27(6)17(20)5;/h8-11,14-15H,7,12-13H2,1-6H3,(H2,23,24,25);1H. The molecule has 1 aromatic heterocycles. The van der Waals surface area contributed by atoms with E-state index in [0.717, 1.165) is 24.6 Å². The van der Waals surface area contributed by atoms with Gasteiger partial charge in [0.15, 0.2) is 5.96 Å². The van der Waals surface area contributed by atoms with Crippen molar-refractivity contribution in [3.05, 3.63) is 47.0 Å². The number of aliphatic imine (C=N–C) groups is 1. The summed E-state index contributed by atoms with van der Waals surface area (Å²) in [6.45, 7) is 11.5. The summed E-state index contributed by atoms with van der Waals surface area (Å²) in [6.07, 6.45) is 0.747. The fraction of sp³-hybridized carbons (Fsp3) is 0.524. The van der Waals surface area contributed by atoms with Crippen molar-refractivity contribution >= 4 is 29.9 Å². The molecule has 0 bridgehead atoms. The minimum Gasteiger partial charge on any atom is -0.489 e. The molecule has 0 radical (unpaired) electrons. The second kappa shape index (κ2) is 12.0. The molecule has 6 nitrogen and oxygen atoms in total. The minimum absolute atomic E-state index is 0. The number of hydrogen-bond acceptors (Lipinski definition) is 3.